The quantitative estimate of drug-likeness (QED) is 0.196. The van der Waals surface area contributed by atoms with Gasteiger partial charge in [-0.25, -0.2) is 19.9 Å². The summed E-state index contributed by atoms with van der Waals surface area (Å²) in [4.78, 5) is 19.8. The lowest BCUT2D eigenvalue weighted by Crippen LogP contribution is -2.00. The smallest absolute Gasteiger partial charge is 0.227 e. The summed E-state index contributed by atoms with van der Waals surface area (Å²) in [5.41, 5.74) is 7.51. The Morgan fingerprint density at radius 2 is 0.830 bits per heavy atom. The van der Waals surface area contributed by atoms with E-state index >= 15 is 0 Å². The van der Waals surface area contributed by atoms with Crippen LogP contribution in [0, 0.1) is 0 Å². The molecule has 5 heteroatoms. The molecule has 7 aromatic carbocycles. The van der Waals surface area contributed by atoms with Gasteiger partial charge in [0.05, 0.1) is 0 Å². The number of rotatable bonds is 5. The molecule has 2 aromatic heterocycles. The molecule has 0 spiro atoms. The van der Waals surface area contributed by atoms with E-state index in [9.17, 15) is 0 Å². The number of fused-ring (bicyclic) bond motifs is 3. The van der Waals surface area contributed by atoms with Crippen molar-refractivity contribution >= 4 is 32.6 Å². The second kappa shape index (κ2) is 11.2. The summed E-state index contributed by atoms with van der Waals surface area (Å²) in [5.74, 6) is 2.36. The number of para-hydroxylation sites is 2. The van der Waals surface area contributed by atoms with Crippen molar-refractivity contribution < 1.29 is 4.42 Å². The predicted molar refractivity (Wildman–Crippen MR) is 190 cm³/mol. The van der Waals surface area contributed by atoms with E-state index in [1.54, 1.807) is 0 Å². The Balaban J connectivity index is 1.18. The first-order valence-corrected chi connectivity index (χ1v) is 15.5. The van der Waals surface area contributed by atoms with Gasteiger partial charge in [-0.2, -0.15) is 0 Å². The largest absolute Gasteiger partial charge is 0.436 e. The number of benzene rings is 7. The van der Waals surface area contributed by atoms with Crippen molar-refractivity contribution in [3.05, 3.63) is 158 Å². The number of hydrogen-bond donors (Lipinski definition) is 0. The highest BCUT2D eigenvalue weighted by atomic mass is 16.3. The van der Waals surface area contributed by atoms with Gasteiger partial charge in [0, 0.05) is 22.3 Å². The Morgan fingerprint density at radius 3 is 1.55 bits per heavy atom. The Kier molecular flexibility index (Phi) is 6.39. The van der Waals surface area contributed by atoms with Crippen LogP contribution in [0.5, 0.6) is 0 Å². The summed E-state index contributed by atoms with van der Waals surface area (Å²) in [6, 6.07) is 53.8. The Morgan fingerprint density at radius 1 is 0.319 bits per heavy atom. The molecule has 0 N–H and O–H groups in total. The fourth-order valence-electron chi connectivity index (χ4n) is 6.07. The van der Waals surface area contributed by atoms with E-state index in [-0.39, 0.29) is 0 Å². The summed E-state index contributed by atoms with van der Waals surface area (Å²) in [6.45, 7) is 0. The Hall–Kier alpha value is -6.46. The van der Waals surface area contributed by atoms with Crippen molar-refractivity contribution in [2.75, 3.05) is 0 Å². The van der Waals surface area contributed by atoms with Crippen LogP contribution >= 0.6 is 0 Å². The van der Waals surface area contributed by atoms with E-state index in [0.29, 0.717) is 23.4 Å². The van der Waals surface area contributed by atoms with Crippen molar-refractivity contribution in [1.29, 1.82) is 0 Å². The second-order valence-electron chi connectivity index (χ2n) is 11.6. The highest BCUT2D eigenvalue weighted by Crippen LogP contribution is 2.32. The minimum absolute atomic E-state index is 0.557. The standard InChI is InChI=1S/C42H26N4O/c1-2-9-27(10-3-1)30-18-19-32-25-35(22-20-31(32)23-30)41-45-39(44-40(46-41)34-21-17-28-11-4-5-12-29(28)24-34)33-13-8-14-36(26-33)42-43-37-15-6-7-16-38(37)47-42/h1-26H. The molecule has 0 aliphatic rings. The van der Waals surface area contributed by atoms with Crippen LogP contribution in [0.4, 0.5) is 0 Å². The zero-order valence-corrected chi connectivity index (χ0v) is 25.2. The molecule has 2 heterocycles. The maximum Gasteiger partial charge on any atom is 0.227 e. The van der Waals surface area contributed by atoms with Crippen LogP contribution in [-0.2, 0) is 0 Å². The number of oxazole rings is 1. The van der Waals surface area contributed by atoms with Crippen LogP contribution in [0.2, 0.25) is 0 Å². The van der Waals surface area contributed by atoms with Gasteiger partial charge in [0.1, 0.15) is 5.52 Å². The van der Waals surface area contributed by atoms with Gasteiger partial charge >= 0.3 is 0 Å². The molecule has 0 fully saturated rings. The van der Waals surface area contributed by atoms with Gasteiger partial charge in [0.15, 0.2) is 23.1 Å². The molecule has 5 nitrogen and oxygen atoms in total. The molecule has 0 unspecified atom stereocenters. The van der Waals surface area contributed by atoms with E-state index in [2.05, 4.69) is 91.0 Å². The third-order valence-electron chi connectivity index (χ3n) is 8.51. The number of aromatic nitrogens is 4. The molecule has 0 amide bonds. The van der Waals surface area contributed by atoms with Crippen LogP contribution in [-0.4, -0.2) is 19.9 Å². The fraction of sp³-hybridized carbons (Fsp3) is 0. The lowest BCUT2D eigenvalue weighted by Gasteiger charge is -2.11. The molecular formula is C42H26N4O. The molecule has 9 aromatic rings. The second-order valence-corrected chi connectivity index (χ2v) is 11.6. The maximum absolute atomic E-state index is 6.09. The van der Waals surface area contributed by atoms with Gasteiger partial charge in [-0.15, -0.1) is 0 Å². The molecule has 0 atom stereocenters. The first-order valence-electron chi connectivity index (χ1n) is 15.5. The normalized spacial score (nSPS) is 11.4. The lowest BCUT2D eigenvalue weighted by atomic mass is 10.00. The highest BCUT2D eigenvalue weighted by molar-refractivity contribution is 5.91. The third kappa shape index (κ3) is 5.10. The van der Waals surface area contributed by atoms with Gasteiger partial charge in [-0.05, 0) is 75.1 Å². The van der Waals surface area contributed by atoms with E-state index in [0.717, 1.165) is 49.5 Å². The first kappa shape index (κ1) is 26.9. The SMILES string of the molecule is c1ccc(-c2ccc3cc(-c4nc(-c5cccc(-c6nc7ccccc7o6)c5)nc(-c5ccc6ccccc6c5)n4)ccc3c2)cc1. The van der Waals surface area contributed by atoms with Crippen LogP contribution < -0.4 is 0 Å². The van der Waals surface area contributed by atoms with Gasteiger partial charge in [-0.1, -0.05) is 115 Å². The molecule has 0 aliphatic carbocycles. The summed E-state index contributed by atoms with van der Waals surface area (Å²) in [7, 11) is 0. The van der Waals surface area contributed by atoms with Crippen molar-refractivity contribution in [2.24, 2.45) is 0 Å². The van der Waals surface area contributed by atoms with Crippen molar-refractivity contribution in [1.82, 2.24) is 19.9 Å². The summed E-state index contributed by atoms with van der Waals surface area (Å²) < 4.78 is 6.09. The molecule has 0 saturated carbocycles. The summed E-state index contributed by atoms with van der Waals surface area (Å²) in [5, 5.41) is 4.58. The highest BCUT2D eigenvalue weighted by Gasteiger charge is 2.15. The van der Waals surface area contributed by atoms with Crippen molar-refractivity contribution in [3.63, 3.8) is 0 Å². The monoisotopic (exact) mass is 602 g/mol. The minimum Gasteiger partial charge on any atom is -0.436 e. The molecule has 47 heavy (non-hydrogen) atoms. The Labute approximate surface area is 270 Å². The molecule has 0 aliphatic heterocycles. The Bertz CT molecular complexity index is 2560. The zero-order valence-electron chi connectivity index (χ0n) is 25.2. The molecule has 9 rings (SSSR count). The molecule has 0 bridgehead atoms. The molecule has 0 saturated heterocycles. The van der Waals surface area contributed by atoms with Crippen LogP contribution in [0.25, 0.3) is 89.4 Å². The lowest BCUT2D eigenvalue weighted by molar-refractivity contribution is 0.620. The zero-order chi connectivity index (χ0) is 31.2. The van der Waals surface area contributed by atoms with E-state index < -0.39 is 0 Å². The average Bonchev–Trinajstić information content (AvgIpc) is 3.59. The summed E-state index contributed by atoms with van der Waals surface area (Å²) >= 11 is 0. The molecule has 0 radical (unpaired) electrons. The molecule has 220 valence electrons. The third-order valence-corrected chi connectivity index (χ3v) is 8.51. The van der Waals surface area contributed by atoms with Gasteiger partial charge in [0.2, 0.25) is 5.89 Å². The van der Waals surface area contributed by atoms with Crippen LogP contribution in [0.1, 0.15) is 0 Å². The van der Waals surface area contributed by atoms with Gasteiger partial charge < -0.3 is 4.42 Å². The van der Waals surface area contributed by atoms with E-state index in [1.165, 1.54) is 16.5 Å². The number of nitrogens with zero attached hydrogens (tertiary/aromatic N) is 4. The van der Waals surface area contributed by atoms with Gasteiger partial charge in [0.25, 0.3) is 0 Å². The first-order chi connectivity index (χ1) is 23.2. The predicted octanol–water partition coefficient (Wildman–Crippen LogP) is 10.7. The van der Waals surface area contributed by atoms with Crippen LogP contribution in [0.3, 0.4) is 0 Å². The average molecular weight is 603 g/mol. The fourth-order valence-corrected chi connectivity index (χ4v) is 6.07. The number of hydrogen-bond acceptors (Lipinski definition) is 5. The minimum atomic E-state index is 0.557. The molecular weight excluding hydrogens is 576 g/mol. The van der Waals surface area contributed by atoms with Crippen molar-refractivity contribution in [3.8, 4) is 56.7 Å². The van der Waals surface area contributed by atoms with E-state index in [4.69, 9.17) is 24.4 Å². The van der Waals surface area contributed by atoms with Crippen LogP contribution in [0.15, 0.2) is 162 Å². The summed E-state index contributed by atoms with van der Waals surface area (Å²) in [6.07, 6.45) is 0. The topological polar surface area (TPSA) is 64.7 Å². The van der Waals surface area contributed by atoms with Crippen molar-refractivity contribution in [2.45, 2.75) is 0 Å². The van der Waals surface area contributed by atoms with Gasteiger partial charge in [-0.3, -0.25) is 0 Å². The van der Waals surface area contributed by atoms with E-state index in [1.807, 2.05) is 66.7 Å². The maximum atomic E-state index is 6.09.